The molecule has 2 saturated heterocycles. The van der Waals surface area contributed by atoms with Crippen molar-refractivity contribution >= 4 is 21.6 Å². The van der Waals surface area contributed by atoms with Gasteiger partial charge in [0.1, 0.15) is 5.75 Å². The van der Waals surface area contributed by atoms with E-state index in [0.29, 0.717) is 23.3 Å². The van der Waals surface area contributed by atoms with Gasteiger partial charge in [0.25, 0.3) is 0 Å². The van der Waals surface area contributed by atoms with Gasteiger partial charge in [-0.25, -0.2) is 8.42 Å². The Morgan fingerprint density at radius 1 is 1.21 bits per heavy atom. The van der Waals surface area contributed by atoms with Crippen molar-refractivity contribution in [1.29, 1.82) is 0 Å². The molecule has 0 bridgehead atoms. The molecule has 29 heavy (non-hydrogen) atoms. The third kappa shape index (κ3) is 3.05. The van der Waals surface area contributed by atoms with Crippen LogP contribution in [0.5, 0.6) is 5.75 Å². The van der Waals surface area contributed by atoms with Gasteiger partial charge in [-0.3, -0.25) is 4.79 Å². The molecule has 7 heteroatoms. The van der Waals surface area contributed by atoms with Crippen LogP contribution in [0.4, 0.5) is 0 Å². The third-order valence-electron chi connectivity index (χ3n) is 5.82. The summed E-state index contributed by atoms with van der Waals surface area (Å²) in [5.74, 6) is 0.184. The number of esters is 1. The maximum atomic E-state index is 13.3. The number of hydrogen-bond donors (Lipinski definition) is 0. The van der Waals surface area contributed by atoms with E-state index in [-0.39, 0.29) is 17.9 Å². The second kappa shape index (κ2) is 7.00. The Morgan fingerprint density at radius 2 is 1.90 bits per heavy atom. The molecule has 0 unspecified atom stereocenters. The standard InChI is InChI=1S/C22H23NO5S/c1-15-8-10-17(11-9-15)29(25,26)23-13-12-22(20(23)14-21(24)28-22)16(2)18-6-4-5-7-19(18)27-3/h4-11,20H,2,12-14H2,1,3H3/t20-,22+/m1/s1. The highest BCUT2D eigenvalue weighted by atomic mass is 32.2. The minimum atomic E-state index is -3.77. The number of carbonyl (C=O) groups is 1. The zero-order chi connectivity index (χ0) is 20.8. The topological polar surface area (TPSA) is 72.9 Å². The maximum absolute atomic E-state index is 13.3. The van der Waals surface area contributed by atoms with Crippen LogP contribution in [0.25, 0.3) is 5.57 Å². The Balaban J connectivity index is 1.75. The van der Waals surface area contributed by atoms with E-state index in [4.69, 9.17) is 9.47 Å². The fraction of sp³-hybridized carbons (Fsp3) is 0.318. The molecule has 0 spiro atoms. The van der Waals surface area contributed by atoms with E-state index in [0.717, 1.165) is 5.56 Å². The molecule has 0 radical (unpaired) electrons. The smallest absolute Gasteiger partial charge is 0.308 e. The Hall–Kier alpha value is -2.64. The fourth-order valence-corrected chi connectivity index (χ4v) is 5.95. The van der Waals surface area contributed by atoms with Gasteiger partial charge in [-0.05, 0) is 25.1 Å². The van der Waals surface area contributed by atoms with Crippen LogP contribution in [0, 0.1) is 6.92 Å². The van der Waals surface area contributed by atoms with Gasteiger partial charge < -0.3 is 9.47 Å². The summed E-state index contributed by atoms with van der Waals surface area (Å²) in [4.78, 5) is 12.5. The molecule has 2 aliphatic heterocycles. The number of rotatable bonds is 5. The van der Waals surface area contributed by atoms with Crippen LogP contribution in [-0.4, -0.2) is 44.0 Å². The Morgan fingerprint density at radius 3 is 2.59 bits per heavy atom. The molecule has 152 valence electrons. The second-order valence-corrected chi connectivity index (χ2v) is 9.33. The van der Waals surface area contributed by atoms with Crippen LogP contribution in [0.1, 0.15) is 24.0 Å². The van der Waals surface area contributed by atoms with E-state index in [1.165, 1.54) is 4.31 Å². The van der Waals surface area contributed by atoms with Gasteiger partial charge in [-0.15, -0.1) is 0 Å². The molecule has 0 aliphatic carbocycles. The van der Waals surface area contributed by atoms with E-state index >= 15 is 0 Å². The van der Waals surface area contributed by atoms with Crippen LogP contribution < -0.4 is 4.74 Å². The minimum absolute atomic E-state index is 0.000734. The lowest BCUT2D eigenvalue weighted by Gasteiger charge is -2.32. The lowest BCUT2D eigenvalue weighted by molar-refractivity contribution is -0.144. The number of nitrogens with zero attached hydrogens (tertiary/aromatic N) is 1. The van der Waals surface area contributed by atoms with Crippen molar-refractivity contribution in [1.82, 2.24) is 4.31 Å². The normalized spacial score (nSPS) is 24.2. The van der Waals surface area contributed by atoms with Crippen molar-refractivity contribution < 1.29 is 22.7 Å². The average molecular weight is 413 g/mol. The molecule has 2 aromatic rings. The number of sulfonamides is 1. The van der Waals surface area contributed by atoms with Crippen LogP contribution in [0.15, 0.2) is 60.0 Å². The third-order valence-corrected chi connectivity index (χ3v) is 7.74. The summed E-state index contributed by atoms with van der Waals surface area (Å²) in [6.45, 7) is 6.36. The van der Waals surface area contributed by atoms with Crippen molar-refractivity contribution in [3.63, 3.8) is 0 Å². The second-order valence-electron chi connectivity index (χ2n) is 7.44. The first-order valence-corrected chi connectivity index (χ1v) is 10.9. The van der Waals surface area contributed by atoms with E-state index in [2.05, 4.69) is 6.58 Å². The highest BCUT2D eigenvalue weighted by Crippen LogP contribution is 2.50. The zero-order valence-electron chi connectivity index (χ0n) is 16.4. The predicted octanol–water partition coefficient (Wildman–Crippen LogP) is 3.17. The first-order chi connectivity index (χ1) is 13.8. The number of para-hydroxylation sites is 1. The van der Waals surface area contributed by atoms with Gasteiger partial charge in [0.15, 0.2) is 5.60 Å². The molecule has 2 fully saturated rings. The summed E-state index contributed by atoms with van der Waals surface area (Å²) in [5.41, 5.74) is 1.16. The number of carbonyl (C=O) groups excluding carboxylic acids is 1. The molecule has 0 amide bonds. The average Bonchev–Trinajstić information content (AvgIpc) is 3.22. The highest BCUT2D eigenvalue weighted by Gasteiger charge is 2.61. The number of benzene rings is 2. The van der Waals surface area contributed by atoms with E-state index in [9.17, 15) is 13.2 Å². The van der Waals surface area contributed by atoms with Gasteiger partial charge >= 0.3 is 5.97 Å². The summed E-state index contributed by atoms with van der Waals surface area (Å²) < 4.78 is 39.2. The van der Waals surface area contributed by atoms with E-state index in [1.807, 2.05) is 25.1 Å². The number of aryl methyl sites for hydroxylation is 1. The quantitative estimate of drug-likeness (QED) is 0.704. The van der Waals surface area contributed by atoms with Crippen LogP contribution >= 0.6 is 0 Å². The Kier molecular flexibility index (Phi) is 4.75. The number of fused-ring (bicyclic) bond motifs is 1. The van der Waals surface area contributed by atoms with Crippen molar-refractivity contribution in [3.8, 4) is 5.75 Å². The minimum Gasteiger partial charge on any atom is -0.496 e. The van der Waals surface area contributed by atoms with Crippen LogP contribution in [0.3, 0.4) is 0 Å². The summed E-state index contributed by atoms with van der Waals surface area (Å²) in [5, 5.41) is 0. The highest BCUT2D eigenvalue weighted by molar-refractivity contribution is 7.89. The molecule has 0 N–H and O–H groups in total. The van der Waals surface area contributed by atoms with Gasteiger partial charge in [-0.2, -0.15) is 4.31 Å². The van der Waals surface area contributed by atoms with Crippen molar-refractivity contribution in [2.45, 2.75) is 36.3 Å². The van der Waals surface area contributed by atoms with Crippen molar-refractivity contribution in [3.05, 3.63) is 66.2 Å². The molecule has 2 heterocycles. The van der Waals surface area contributed by atoms with Gasteiger partial charge in [0.2, 0.25) is 10.0 Å². The summed E-state index contributed by atoms with van der Waals surface area (Å²) in [7, 11) is -2.21. The fourth-order valence-electron chi connectivity index (χ4n) is 4.29. The molecule has 2 atom stereocenters. The van der Waals surface area contributed by atoms with Crippen molar-refractivity contribution in [2.24, 2.45) is 0 Å². The van der Waals surface area contributed by atoms with E-state index in [1.54, 1.807) is 37.4 Å². The van der Waals surface area contributed by atoms with Crippen LogP contribution in [0.2, 0.25) is 0 Å². The molecular weight excluding hydrogens is 390 g/mol. The largest absolute Gasteiger partial charge is 0.496 e. The van der Waals surface area contributed by atoms with E-state index < -0.39 is 27.6 Å². The molecule has 0 saturated carbocycles. The molecule has 2 aromatic carbocycles. The number of hydrogen-bond acceptors (Lipinski definition) is 5. The monoisotopic (exact) mass is 413 g/mol. The first kappa shape index (κ1) is 19.7. The maximum Gasteiger partial charge on any atom is 0.308 e. The molecule has 0 aromatic heterocycles. The molecule has 2 aliphatic rings. The number of methoxy groups -OCH3 is 1. The SMILES string of the molecule is C=C(c1ccccc1OC)[C@@]12CCN(S(=O)(=O)c3ccc(C)cc3)[C@@H]1CC(=O)O2. The summed E-state index contributed by atoms with van der Waals surface area (Å²) >= 11 is 0. The molecule has 4 rings (SSSR count). The first-order valence-electron chi connectivity index (χ1n) is 9.43. The van der Waals surface area contributed by atoms with Gasteiger partial charge in [-0.1, -0.05) is 42.5 Å². The van der Waals surface area contributed by atoms with Crippen molar-refractivity contribution in [2.75, 3.05) is 13.7 Å². The molecular formula is C22H23NO5S. The van der Waals surface area contributed by atoms with Gasteiger partial charge in [0.05, 0.1) is 24.5 Å². The Labute approximate surface area is 170 Å². The van der Waals surface area contributed by atoms with Crippen LogP contribution in [-0.2, 0) is 19.6 Å². The predicted molar refractivity (Wildman–Crippen MR) is 109 cm³/mol. The zero-order valence-corrected chi connectivity index (χ0v) is 17.2. The lowest BCUT2D eigenvalue weighted by atomic mass is 9.83. The molecule has 6 nitrogen and oxygen atoms in total. The van der Waals surface area contributed by atoms with Gasteiger partial charge in [0, 0.05) is 24.1 Å². The number of ether oxygens (including phenoxy) is 2. The lowest BCUT2D eigenvalue weighted by Crippen LogP contribution is -2.44. The Bertz CT molecular complexity index is 1080. The summed E-state index contributed by atoms with van der Waals surface area (Å²) in [6.07, 6.45) is 0.352. The summed E-state index contributed by atoms with van der Waals surface area (Å²) in [6, 6.07) is 13.4.